The van der Waals surface area contributed by atoms with Crippen LogP contribution in [0.25, 0.3) is 0 Å². The number of imide groups is 1. The topological polar surface area (TPSA) is 67.9 Å². The highest BCUT2D eigenvalue weighted by atomic mass is 32.2. The number of methoxy groups -OCH3 is 2. The number of amides is 2. The van der Waals surface area contributed by atoms with Crippen molar-refractivity contribution in [2.75, 3.05) is 24.4 Å². The fraction of sp³-hybridized carbons (Fsp3) is 0.120. The fourth-order valence-corrected chi connectivity index (χ4v) is 4.23. The summed E-state index contributed by atoms with van der Waals surface area (Å²) in [6.07, 6.45) is 0. The molecule has 3 aromatic rings. The number of hydrogen-bond acceptors (Lipinski definition) is 6. The van der Waals surface area contributed by atoms with Crippen LogP contribution in [-0.2, 0) is 9.59 Å². The molecular weight excluding hydrogens is 443 g/mol. The third-order valence-corrected chi connectivity index (χ3v) is 6.13. The highest BCUT2D eigenvalue weighted by Crippen LogP contribution is 2.39. The third-order valence-electron chi connectivity index (χ3n) is 5.04. The first kappa shape index (κ1) is 22.4. The first-order chi connectivity index (χ1) is 15.9. The highest BCUT2D eigenvalue weighted by Gasteiger charge is 2.40. The van der Waals surface area contributed by atoms with Gasteiger partial charge >= 0.3 is 0 Å². The van der Waals surface area contributed by atoms with Gasteiger partial charge in [-0.25, -0.2) is 9.29 Å². The van der Waals surface area contributed by atoms with Gasteiger partial charge in [0.25, 0.3) is 11.8 Å². The molecule has 8 heteroatoms. The summed E-state index contributed by atoms with van der Waals surface area (Å²) in [6.45, 7) is 1.97. The van der Waals surface area contributed by atoms with E-state index in [0.717, 1.165) is 15.4 Å². The van der Waals surface area contributed by atoms with Crippen LogP contribution in [0.2, 0.25) is 0 Å². The molecule has 0 spiro atoms. The van der Waals surface area contributed by atoms with Gasteiger partial charge < -0.3 is 14.8 Å². The van der Waals surface area contributed by atoms with Gasteiger partial charge in [0.05, 0.1) is 25.6 Å². The third kappa shape index (κ3) is 4.56. The van der Waals surface area contributed by atoms with Crippen molar-refractivity contribution >= 4 is 35.0 Å². The molecular formula is C25H21FN2O4S. The Balaban J connectivity index is 1.76. The van der Waals surface area contributed by atoms with Gasteiger partial charge in [-0.15, -0.1) is 0 Å². The zero-order chi connectivity index (χ0) is 23.5. The Morgan fingerprint density at radius 3 is 2.21 bits per heavy atom. The lowest BCUT2D eigenvalue weighted by molar-refractivity contribution is -0.120. The quantitative estimate of drug-likeness (QED) is 0.489. The predicted molar refractivity (Wildman–Crippen MR) is 126 cm³/mol. The van der Waals surface area contributed by atoms with Gasteiger partial charge in [0.2, 0.25) is 0 Å². The molecule has 0 fully saturated rings. The fourth-order valence-electron chi connectivity index (χ4n) is 3.30. The molecule has 1 aliphatic heterocycles. The van der Waals surface area contributed by atoms with Crippen LogP contribution in [-0.4, -0.2) is 26.0 Å². The van der Waals surface area contributed by atoms with Crippen LogP contribution in [0, 0.1) is 12.7 Å². The minimum absolute atomic E-state index is 0.110. The van der Waals surface area contributed by atoms with E-state index in [-0.39, 0.29) is 16.3 Å². The van der Waals surface area contributed by atoms with E-state index in [0.29, 0.717) is 17.2 Å². The van der Waals surface area contributed by atoms with Gasteiger partial charge in [-0.3, -0.25) is 9.59 Å². The summed E-state index contributed by atoms with van der Waals surface area (Å²) in [4.78, 5) is 28.8. The van der Waals surface area contributed by atoms with E-state index in [4.69, 9.17) is 9.47 Å². The molecule has 0 saturated heterocycles. The number of nitrogens with zero attached hydrogens (tertiary/aromatic N) is 1. The summed E-state index contributed by atoms with van der Waals surface area (Å²) >= 11 is 1.19. The molecule has 2 amide bonds. The molecule has 33 heavy (non-hydrogen) atoms. The maximum Gasteiger partial charge on any atom is 0.283 e. The van der Waals surface area contributed by atoms with Gasteiger partial charge in [0.1, 0.15) is 27.9 Å². The predicted octanol–water partition coefficient (Wildman–Crippen LogP) is 5.14. The number of benzene rings is 3. The molecule has 0 bridgehead atoms. The van der Waals surface area contributed by atoms with E-state index >= 15 is 0 Å². The van der Waals surface area contributed by atoms with Crippen molar-refractivity contribution in [1.82, 2.24) is 0 Å². The summed E-state index contributed by atoms with van der Waals surface area (Å²) in [6, 6.07) is 18.0. The van der Waals surface area contributed by atoms with Crippen molar-refractivity contribution in [2.45, 2.75) is 11.8 Å². The summed E-state index contributed by atoms with van der Waals surface area (Å²) in [5, 5.41) is 3.08. The van der Waals surface area contributed by atoms with Crippen molar-refractivity contribution in [1.29, 1.82) is 0 Å². The number of rotatable bonds is 7. The minimum Gasteiger partial charge on any atom is -0.497 e. The number of aryl methyl sites for hydroxylation is 1. The number of carbonyl (C=O) groups is 2. The van der Waals surface area contributed by atoms with Crippen LogP contribution in [0.15, 0.2) is 82.2 Å². The number of carbonyl (C=O) groups excluding carboxylic acids is 2. The monoisotopic (exact) mass is 464 g/mol. The number of thioether (sulfide) groups is 1. The van der Waals surface area contributed by atoms with E-state index in [9.17, 15) is 14.0 Å². The average Bonchev–Trinajstić information content (AvgIpc) is 3.05. The highest BCUT2D eigenvalue weighted by molar-refractivity contribution is 8.04. The molecule has 0 aliphatic carbocycles. The number of nitrogens with one attached hydrogen (secondary N) is 1. The molecule has 1 aliphatic rings. The lowest BCUT2D eigenvalue weighted by atomic mass is 10.2. The molecule has 3 aromatic carbocycles. The Morgan fingerprint density at radius 2 is 1.58 bits per heavy atom. The number of halogens is 1. The number of hydrogen-bond donors (Lipinski definition) is 1. The largest absolute Gasteiger partial charge is 0.497 e. The lowest BCUT2D eigenvalue weighted by Crippen LogP contribution is -2.32. The first-order valence-corrected chi connectivity index (χ1v) is 10.8. The molecule has 0 atom stereocenters. The molecule has 1 heterocycles. The zero-order valence-electron chi connectivity index (χ0n) is 18.2. The van der Waals surface area contributed by atoms with Gasteiger partial charge in [-0.1, -0.05) is 29.5 Å². The molecule has 0 radical (unpaired) electrons. The van der Waals surface area contributed by atoms with E-state index in [1.165, 1.54) is 43.1 Å². The lowest BCUT2D eigenvalue weighted by Gasteiger charge is -2.16. The summed E-state index contributed by atoms with van der Waals surface area (Å²) in [5.41, 5.74) is 1.97. The van der Waals surface area contributed by atoms with E-state index in [1.807, 2.05) is 31.2 Å². The molecule has 168 valence electrons. The van der Waals surface area contributed by atoms with E-state index in [2.05, 4.69) is 5.32 Å². The van der Waals surface area contributed by atoms with Crippen LogP contribution in [0.4, 0.5) is 15.8 Å². The minimum atomic E-state index is -0.543. The second kappa shape index (κ2) is 9.38. The Morgan fingerprint density at radius 1 is 0.879 bits per heavy atom. The van der Waals surface area contributed by atoms with Crippen LogP contribution in [0.3, 0.4) is 0 Å². The number of anilines is 2. The first-order valence-electron chi connectivity index (χ1n) is 10.0. The van der Waals surface area contributed by atoms with Crippen molar-refractivity contribution in [2.24, 2.45) is 0 Å². The average molecular weight is 465 g/mol. The van der Waals surface area contributed by atoms with Crippen LogP contribution in [0.1, 0.15) is 5.56 Å². The van der Waals surface area contributed by atoms with Crippen molar-refractivity contribution in [3.05, 3.63) is 88.7 Å². The van der Waals surface area contributed by atoms with Crippen molar-refractivity contribution in [3.63, 3.8) is 0 Å². The molecule has 6 nitrogen and oxygen atoms in total. The summed E-state index contributed by atoms with van der Waals surface area (Å²) in [5.74, 6) is -0.461. The Hall–Kier alpha value is -3.78. The molecule has 1 N–H and O–H groups in total. The molecule has 4 rings (SSSR count). The smallest absolute Gasteiger partial charge is 0.283 e. The Bertz CT molecular complexity index is 1240. The van der Waals surface area contributed by atoms with Crippen LogP contribution < -0.4 is 19.7 Å². The van der Waals surface area contributed by atoms with Crippen LogP contribution in [0.5, 0.6) is 11.5 Å². The maximum absolute atomic E-state index is 13.4. The van der Waals surface area contributed by atoms with Crippen molar-refractivity contribution in [3.8, 4) is 11.5 Å². The second-order valence-electron chi connectivity index (χ2n) is 7.23. The summed E-state index contributed by atoms with van der Waals surface area (Å²) in [7, 11) is 3.04. The maximum atomic E-state index is 13.4. The zero-order valence-corrected chi connectivity index (χ0v) is 19.0. The van der Waals surface area contributed by atoms with E-state index < -0.39 is 17.6 Å². The van der Waals surface area contributed by atoms with Crippen LogP contribution >= 0.6 is 11.8 Å². The number of ether oxygens (including phenoxy) is 2. The molecule has 0 aromatic heterocycles. The molecule has 0 saturated carbocycles. The Labute approximate surface area is 195 Å². The second-order valence-corrected chi connectivity index (χ2v) is 8.32. The van der Waals surface area contributed by atoms with Gasteiger partial charge in [0.15, 0.2) is 0 Å². The van der Waals surface area contributed by atoms with Gasteiger partial charge in [0, 0.05) is 11.0 Å². The standard InChI is InChI=1S/C25H21FN2O4S/c1-15-4-11-19(12-5-15)33-23-22(27-20-13-10-18(31-2)14-21(20)32-3)24(29)28(25(23)30)17-8-6-16(26)7-9-17/h4-14,27H,1-3H3. The van der Waals surface area contributed by atoms with Gasteiger partial charge in [-0.2, -0.15) is 0 Å². The summed E-state index contributed by atoms with van der Waals surface area (Å²) < 4.78 is 24.1. The van der Waals surface area contributed by atoms with Gasteiger partial charge in [-0.05, 0) is 55.5 Å². The SMILES string of the molecule is COc1ccc(NC2=C(Sc3ccc(C)cc3)C(=O)N(c3ccc(F)cc3)C2=O)c(OC)c1. The van der Waals surface area contributed by atoms with Crippen molar-refractivity contribution < 1.29 is 23.5 Å². The molecule has 0 unspecified atom stereocenters. The van der Waals surface area contributed by atoms with E-state index in [1.54, 1.807) is 25.3 Å². The Kier molecular flexibility index (Phi) is 6.37. The normalized spacial score (nSPS) is 13.5.